The first-order valence-electron chi connectivity index (χ1n) is 5.51. The molecule has 2 aromatic rings. The smallest absolute Gasteiger partial charge is 0.217 e. The van der Waals surface area contributed by atoms with Gasteiger partial charge >= 0.3 is 0 Å². The van der Waals surface area contributed by atoms with Gasteiger partial charge in [0, 0.05) is 12.7 Å². The minimum absolute atomic E-state index is 0.0148. The van der Waals surface area contributed by atoms with Crippen LogP contribution in [-0.2, 0) is 0 Å². The topological polar surface area (TPSA) is 33.5 Å². The fourth-order valence-electron chi connectivity index (χ4n) is 1.69. The molecule has 0 saturated heterocycles. The summed E-state index contributed by atoms with van der Waals surface area (Å²) in [7, 11) is 1.90. The van der Waals surface area contributed by atoms with Crippen molar-refractivity contribution in [2.75, 3.05) is 18.5 Å². The molecule has 17 heavy (non-hydrogen) atoms. The molecule has 1 aromatic heterocycles. The van der Waals surface area contributed by atoms with E-state index in [9.17, 15) is 4.79 Å². The second kappa shape index (κ2) is 4.87. The highest BCUT2D eigenvalue weighted by Gasteiger charge is 2.12. The van der Waals surface area contributed by atoms with Gasteiger partial charge in [-0.1, -0.05) is 12.1 Å². The van der Waals surface area contributed by atoms with Crippen molar-refractivity contribution in [1.29, 1.82) is 0 Å². The number of carbonyl (C=O) groups excluding carboxylic acids is 1. The van der Waals surface area contributed by atoms with E-state index in [-0.39, 0.29) is 5.78 Å². The number of likely N-dealkylation sites (N-methyl/N-ethyl adjacent to an activating group) is 1. The van der Waals surface area contributed by atoms with Crippen LogP contribution in [0.15, 0.2) is 47.1 Å². The Morgan fingerprint density at radius 2 is 2.12 bits per heavy atom. The summed E-state index contributed by atoms with van der Waals surface area (Å²) in [6.07, 6.45) is 1.51. The maximum Gasteiger partial charge on any atom is 0.217 e. The van der Waals surface area contributed by atoms with E-state index in [1.54, 1.807) is 12.1 Å². The molecular weight excluding hydrogens is 214 g/mol. The zero-order valence-electron chi connectivity index (χ0n) is 10.0. The van der Waals surface area contributed by atoms with E-state index in [0.717, 1.165) is 5.69 Å². The lowest BCUT2D eigenvalue weighted by molar-refractivity contribution is 0.0974. The number of carbonyl (C=O) groups is 1. The van der Waals surface area contributed by atoms with Gasteiger partial charge in [-0.15, -0.1) is 0 Å². The van der Waals surface area contributed by atoms with E-state index in [1.165, 1.54) is 11.8 Å². The number of rotatable bonds is 4. The highest BCUT2D eigenvalue weighted by atomic mass is 16.3. The molecular formula is C14H15NO2. The van der Waals surface area contributed by atoms with Gasteiger partial charge in [-0.3, -0.25) is 4.79 Å². The molecule has 0 saturated carbocycles. The highest BCUT2D eigenvalue weighted by Crippen LogP contribution is 2.14. The molecule has 3 nitrogen and oxygen atoms in total. The maximum atomic E-state index is 11.8. The van der Waals surface area contributed by atoms with Crippen molar-refractivity contribution in [2.45, 2.75) is 6.92 Å². The number of hydrogen-bond donors (Lipinski definition) is 0. The van der Waals surface area contributed by atoms with Crippen LogP contribution in [0.5, 0.6) is 0 Å². The average molecular weight is 229 g/mol. The number of nitrogens with zero attached hydrogens (tertiary/aromatic N) is 1. The quantitative estimate of drug-likeness (QED) is 0.756. The Balaban J connectivity index is 2.07. The predicted octanol–water partition coefficient (Wildman–Crippen LogP) is 2.91. The summed E-state index contributed by atoms with van der Waals surface area (Å²) < 4.78 is 5.08. The lowest BCUT2D eigenvalue weighted by Gasteiger charge is -2.18. The van der Waals surface area contributed by atoms with E-state index >= 15 is 0 Å². The van der Waals surface area contributed by atoms with Gasteiger partial charge in [0.2, 0.25) is 5.78 Å². The Morgan fingerprint density at radius 3 is 2.76 bits per heavy atom. The SMILES string of the molecule is Cc1cccc(N(C)CC(=O)c2ccco2)c1. The number of benzene rings is 1. The Kier molecular flexibility index (Phi) is 3.28. The van der Waals surface area contributed by atoms with Crippen LogP contribution >= 0.6 is 0 Å². The van der Waals surface area contributed by atoms with Gasteiger partial charge in [0.25, 0.3) is 0 Å². The van der Waals surface area contributed by atoms with Crippen LogP contribution in [0.1, 0.15) is 16.1 Å². The third-order valence-electron chi connectivity index (χ3n) is 2.62. The van der Waals surface area contributed by atoms with Gasteiger partial charge in [0.05, 0.1) is 12.8 Å². The van der Waals surface area contributed by atoms with Crippen molar-refractivity contribution < 1.29 is 9.21 Å². The molecule has 0 atom stereocenters. The zero-order chi connectivity index (χ0) is 12.3. The average Bonchev–Trinajstić information content (AvgIpc) is 2.82. The molecule has 0 spiro atoms. The van der Waals surface area contributed by atoms with Gasteiger partial charge in [0.1, 0.15) is 0 Å². The molecule has 2 rings (SSSR count). The first-order chi connectivity index (χ1) is 8.16. The van der Waals surface area contributed by atoms with Crippen molar-refractivity contribution in [3.05, 3.63) is 54.0 Å². The lowest BCUT2D eigenvalue weighted by Crippen LogP contribution is -2.25. The van der Waals surface area contributed by atoms with Crippen LogP contribution < -0.4 is 4.90 Å². The molecule has 88 valence electrons. The molecule has 0 aliphatic carbocycles. The van der Waals surface area contributed by atoms with Crippen LogP contribution in [0.25, 0.3) is 0 Å². The Labute approximate surface area is 101 Å². The summed E-state index contributed by atoms with van der Waals surface area (Å²) >= 11 is 0. The molecule has 0 aliphatic rings. The third kappa shape index (κ3) is 2.75. The fraction of sp³-hybridized carbons (Fsp3) is 0.214. The van der Waals surface area contributed by atoms with Crippen LogP contribution in [0, 0.1) is 6.92 Å². The molecule has 1 heterocycles. The van der Waals surface area contributed by atoms with Crippen molar-refractivity contribution in [1.82, 2.24) is 0 Å². The van der Waals surface area contributed by atoms with Crippen molar-refractivity contribution >= 4 is 11.5 Å². The molecule has 0 fully saturated rings. The maximum absolute atomic E-state index is 11.8. The van der Waals surface area contributed by atoms with Crippen molar-refractivity contribution in [3.8, 4) is 0 Å². The third-order valence-corrected chi connectivity index (χ3v) is 2.62. The lowest BCUT2D eigenvalue weighted by atomic mass is 10.2. The normalized spacial score (nSPS) is 10.2. The predicted molar refractivity (Wildman–Crippen MR) is 67.5 cm³/mol. The number of furan rings is 1. The standard InChI is InChI=1S/C14H15NO2/c1-11-5-3-6-12(9-11)15(2)10-13(16)14-7-4-8-17-14/h3-9H,10H2,1-2H3. The minimum Gasteiger partial charge on any atom is -0.461 e. The number of Topliss-reactive ketones (excluding diaryl/α,β-unsaturated/α-hetero) is 1. The van der Waals surface area contributed by atoms with E-state index in [1.807, 2.05) is 37.1 Å². The van der Waals surface area contributed by atoms with E-state index in [0.29, 0.717) is 12.3 Å². The Hall–Kier alpha value is -2.03. The summed E-state index contributed by atoms with van der Waals surface area (Å²) in [6, 6.07) is 11.5. The summed E-state index contributed by atoms with van der Waals surface area (Å²) in [4.78, 5) is 13.8. The first kappa shape index (κ1) is 11.5. The van der Waals surface area contributed by atoms with Gasteiger partial charge < -0.3 is 9.32 Å². The van der Waals surface area contributed by atoms with Crippen LogP contribution in [-0.4, -0.2) is 19.4 Å². The van der Waals surface area contributed by atoms with Crippen molar-refractivity contribution in [2.24, 2.45) is 0 Å². The van der Waals surface area contributed by atoms with Gasteiger partial charge in [-0.2, -0.15) is 0 Å². The van der Waals surface area contributed by atoms with Crippen LogP contribution in [0.3, 0.4) is 0 Å². The zero-order valence-corrected chi connectivity index (χ0v) is 10.0. The number of aryl methyl sites for hydroxylation is 1. The largest absolute Gasteiger partial charge is 0.461 e. The number of ketones is 1. The van der Waals surface area contributed by atoms with Gasteiger partial charge in [0.15, 0.2) is 5.76 Å². The van der Waals surface area contributed by atoms with E-state index < -0.39 is 0 Å². The molecule has 0 amide bonds. The second-order valence-corrected chi connectivity index (χ2v) is 4.10. The summed E-state index contributed by atoms with van der Waals surface area (Å²) in [6.45, 7) is 2.35. The molecule has 0 bridgehead atoms. The first-order valence-corrected chi connectivity index (χ1v) is 5.51. The summed E-state index contributed by atoms with van der Waals surface area (Å²) in [5.41, 5.74) is 2.21. The van der Waals surface area contributed by atoms with Crippen LogP contribution in [0.4, 0.5) is 5.69 Å². The molecule has 1 aromatic carbocycles. The summed E-state index contributed by atoms with van der Waals surface area (Å²) in [5, 5.41) is 0. The monoisotopic (exact) mass is 229 g/mol. The Bertz CT molecular complexity index is 503. The van der Waals surface area contributed by atoms with Gasteiger partial charge in [-0.25, -0.2) is 0 Å². The molecule has 3 heteroatoms. The molecule has 0 radical (unpaired) electrons. The second-order valence-electron chi connectivity index (χ2n) is 4.10. The van der Waals surface area contributed by atoms with Gasteiger partial charge in [-0.05, 0) is 36.8 Å². The number of anilines is 1. The summed E-state index contributed by atoms with van der Waals surface area (Å²) in [5.74, 6) is 0.392. The Morgan fingerprint density at radius 1 is 1.29 bits per heavy atom. The van der Waals surface area contributed by atoms with Crippen LogP contribution in [0.2, 0.25) is 0 Å². The van der Waals surface area contributed by atoms with E-state index in [2.05, 4.69) is 6.07 Å². The molecule has 0 aliphatic heterocycles. The highest BCUT2D eigenvalue weighted by molar-refractivity contribution is 5.96. The van der Waals surface area contributed by atoms with E-state index in [4.69, 9.17) is 4.42 Å². The molecule has 0 N–H and O–H groups in total. The molecule has 0 unspecified atom stereocenters. The fourth-order valence-corrected chi connectivity index (χ4v) is 1.69. The van der Waals surface area contributed by atoms with Crippen molar-refractivity contribution in [3.63, 3.8) is 0 Å². The minimum atomic E-state index is -0.0148. The number of hydrogen-bond acceptors (Lipinski definition) is 3.